The largest absolute Gasteiger partial charge is 0.312 e. The van der Waals surface area contributed by atoms with Gasteiger partial charge in [0.2, 0.25) is 0 Å². The number of benzene rings is 1. The lowest BCUT2D eigenvalue weighted by Gasteiger charge is -2.05. The maximum absolute atomic E-state index is 3.88. The number of hydrogen-bond donors (Lipinski definition) is 1. The first kappa shape index (κ1) is 12.0. The molecule has 0 aromatic heterocycles. The van der Waals surface area contributed by atoms with Crippen LogP contribution in [0.15, 0.2) is 36.4 Å². The van der Waals surface area contributed by atoms with Crippen molar-refractivity contribution in [2.45, 2.75) is 33.2 Å². The van der Waals surface area contributed by atoms with Crippen LogP contribution < -0.4 is 5.32 Å². The normalized spacial score (nSPS) is 10.3. The van der Waals surface area contributed by atoms with Crippen LogP contribution in [0.2, 0.25) is 0 Å². The van der Waals surface area contributed by atoms with Gasteiger partial charge in [-0.25, -0.2) is 0 Å². The molecule has 0 heterocycles. The fraction of sp³-hybridized carbons (Fsp3) is 0.429. The van der Waals surface area contributed by atoms with Crippen LogP contribution >= 0.6 is 0 Å². The molecule has 1 aromatic rings. The average Bonchev–Trinajstić information content (AvgIpc) is 2.25. The molecule has 0 aliphatic rings. The van der Waals surface area contributed by atoms with Crippen molar-refractivity contribution in [1.29, 1.82) is 0 Å². The number of rotatable bonds is 6. The summed E-state index contributed by atoms with van der Waals surface area (Å²) in [4.78, 5) is 0. The van der Waals surface area contributed by atoms with Crippen LogP contribution in [0.1, 0.15) is 31.4 Å². The van der Waals surface area contributed by atoms with Gasteiger partial charge in [-0.05, 0) is 37.4 Å². The number of nitrogens with one attached hydrogen (secondary N) is 1. The summed E-state index contributed by atoms with van der Waals surface area (Å²) in [5.41, 5.74) is 4.00. The van der Waals surface area contributed by atoms with Gasteiger partial charge < -0.3 is 5.32 Å². The fourth-order valence-corrected chi connectivity index (χ4v) is 1.43. The first-order chi connectivity index (χ1) is 7.22. The minimum Gasteiger partial charge on any atom is -0.312 e. The van der Waals surface area contributed by atoms with Crippen LogP contribution in [-0.4, -0.2) is 6.54 Å². The van der Waals surface area contributed by atoms with Gasteiger partial charge in [0.15, 0.2) is 0 Å². The third kappa shape index (κ3) is 4.80. The molecule has 1 aromatic carbocycles. The third-order valence-electron chi connectivity index (χ3n) is 2.49. The Morgan fingerprint density at radius 2 is 1.80 bits per heavy atom. The van der Waals surface area contributed by atoms with Gasteiger partial charge >= 0.3 is 0 Å². The maximum Gasteiger partial charge on any atom is 0.0205 e. The van der Waals surface area contributed by atoms with E-state index in [0.29, 0.717) is 0 Å². The van der Waals surface area contributed by atoms with E-state index in [1.54, 1.807) is 0 Å². The zero-order valence-electron chi connectivity index (χ0n) is 9.84. The molecule has 0 bridgehead atoms. The standard InChI is InChI=1S/C14H21N/c1-4-13-5-7-14(8-6-13)11-15-10-9-12(2)3/h5-8,15H,2,4,9-11H2,1,3H3. The molecule has 0 radical (unpaired) electrons. The third-order valence-corrected chi connectivity index (χ3v) is 2.49. The van der Waals surface area contributed by atoms with Gasteiger partial charge in [0.25, 0.3) is 0 Å². The molecular weight excluding hydrogens is 182 g/mol. The predicted molar refractivity (Wildman–Crippen MR) is 67.0 cm³/mol. The summed E-state index contributed by atoms with van der Waals surface area (Å²) in [5, 5.41) is 3.41. The molecule has 0 spiro atoms. The molecule has 1 N–H and O–H groups in total. The van der Waals surface area contributed by atoms with Crippen molar-refractivity contribution in [2.24, 2.45) is 0 Å². The Hall–Kier alpha value is -1.08. The van der Waals surface area contributed by atoms with Crippen molar-refractivity contribution in [3.05, 3.63) is 47.5 Å². The zero-order chi connectivity index (χ0) is 11.1. The summed E-state index contributed by atoms with van der Waals surface area (Å²) in [6.45, 7) is 10.1. The molecule has 0 atom stereocenters. The number of aryl methyl sites for hydroxylation is 1. The molecule has 82 valence electrons. The van der Waals surface area contributed by atoms with Gasteiger partial charge in [-0.1, -0.05) is 36.8 Å². The van der Waals surface area contributed by atoms with Gasteiger partial charge in [0.05, 0.1) is 0 Å². The molecule has 0 fully saturated rings. The monoisotopic (exact) mass is 203 g/mol. The summed E-state index contributed by atoms with van der Waals surface area (Å²) < 4.78 is 0. The molecule has 1 nitrogen and oxygen atoms in total. The van der Waals surface area contributed by atoms with E-state index < -0.39 is 0 Å². The van der Waals surface area contributed by atoms with Gasteiger partial charge in [0.1, 0.15) is 0 Å². The summed E-state index contributed by atoms with van der Waals surface area (Å²) in [5.74, 6) is 0. The highest BCUT2D eigenvalue weighted by molar-refractivity contribution is 5.22. The van der Waals surface area contributed by atoms with E-state index in [4.69, 9.17) is 0 Å². The minimum atomic E-state index is 0.956. The highest BCUT2D eigenvalue weighted by Crippen LogP contribution is 2.04. The highest BCUT2D eigenvalue weighted by atomic mass is 14.8. The Balaban J connectivity index is 2.28. The second-order valence-corrected chi connectivity index (χ2v) is 4.05. The van der Waals surface area contributed by atoms with Gasteiger partial charge in [-0.15, -0.1) is 6.58 Å². The molecule has 0 amide bonds. The first-order valence-electron chi connectivity index (χ1n) is 5.65. The van der Waals surface area contributed by atoms with E-state index >= 15 is 0 Å². The molecular formula is C14H21N. The Morgan fingerprint density at radius 1 is 1.20 bits per heavy atom. The second-order valence-electron chi connectivity index (χ2n) is 4.05. The Labute approximate surface area is 93.2 Å². The molecule has 0 saturated heterocycles. The van der Waals surface area contributed by atoms with E-state index in [1.165, 1.54) is 16.7 Å². The van der Waals surface area contributed by atoms with Crippen molar-refractivity contribution in [1.82, 2.24) is 5.32 Å². The number of hydrogen-bond acceptors (Lipinski definition) is 1. The summed E-state index contributed by atoms with van der Waals surface area (Å²) in [7, 11) is 0. The quantitative estimate of drug-likeness (QED) is 0.552. The molecule has 1 rings (SSSR count). The Bertz CT molecular complexity index is 298. The molecule has 1 heteroatoms. The molecule has 0 aliphatic heterocycles. The predicted octanol–water partition coefficient (Wildman–Crippen LogP) is 3.30. The lowest BCUT2D eigenvalue weighted by Crippen LogP contribution is -2.14. The topological polar surface area (TPSA) is 12.0 Å². The Morgan fingerprint density at radius 3 is 2.33 bits per heavy atom. The van der Waals surface area contributed by atoms with E-state index in [0.717, 1.165) is 25.9 Å². The van der Waals surface area contributed by atoms with Crippen molar-refractivity contribution in [3.63, 3.8) is 0 Å². The van der Waals surface area contributed by atoms with Crippen molar-refractivity contribution >= 4 is 0 Å². The zero-order valence-corrected chi connectivity index (χ0v) is 9.84. The van der Waals surface area contributed by atoms with Crippen LogP contribution in [0.5, 0.6) is 0 Å². The average molecular weight is 203 g/mol. The van der Waals surface area contributed by atoms with Gasteiger partial charge in [0, 0.05) is 6.54 Å². The summed E-state index contributed by atoms with van der Waals surface area (Å²) in [6.07, 6.45) is 2.18. The lowest BCUT2D eigenvalue weighted by atomic mass is 10.1. The van der Waals surface area contributed by atoms with E-state index in [2.05, 4.69) is 50.0 Å². The van der Waals surface area contributed by atoms with Crippen LogP contribution in [0.4, 0.5) is 0 Å². The van der Waals surface area contributed by atoms with Gasteiger partial charge in [-0.2, -0.15) is 0 Å². The van der Waals surface area contributed by atoms with E-state index in [1.807, 2.05) is 0 Å². The SMILES string of the molecule is C=C(C)CCNCc1ccc(CC)cc1. The molecule has 0 aliphatic carbocycles. The van der Waals surface area contributed by atoms with Crippen molar-refractivity contribution in [2.75, 3.05) is 6.54 Å². The second kappa shape index (κ2) is 6.41. The lowest BCUT2D eigenvalue weighted by molar-refractivity contribution is 0.684. The Kier molecular flexibility index (Phi) is 5.13. The highest BCUT2D eigenvalue weighted by Gasteiger charge is 1.93. The van der Waals surface area contributed by atoms with Crippen molar-refractivity contribution < 1.29 is 0 Å². The van der Waals surface area contributed by atoms with E-state index in [9.17, 15) is 0 Å². The summed E-state index contributed by atoms with van der Waals surface area (Å²) >= 11 is 0. The molecule has 0 saturated carbocycles. The van der Waals surface area contributed by atoms with Crippen molar-refractivity contribution in [3.8, 4) is 0 Å². The van der Waals surface area contributed by atoms with Crippen LogP contribution in [0.25, 0.3) is 0 Å². The van der Waals surface area contributed by atoms with Crippen LogP contribution in [0.3, 0.4) is 0 Å². The fourth-order valence-electron chi connectivity index (χ4n) is 1.43. The summed E-state index contributed by atoms with van der Waals surface area (Å²) in [6, 6.07) is 8.81. The minimum absolute atomic E-state index is 0.956. The smallest absolute Gasteiger partial charge is 0.0205 e. The molecule has 15 heavy (non-hydrogen) atoms. The molecule has 0 unspecified atom stereocenters. The first-order valence-corrected chi connectivity index (χ1v) is 5.65. The van der Waals surface area contributed by atoms with Crippen LogP contribution in [-0.2, 0) is 13.0 Å². The van der Waals surface area contributed by atoms with Crippen LogP contribution in [0, 0.1) is 0 Å². The van der Waals surface area contributed by atoms with E-state index in [-0.39, 0.29) is 0 Å². The van der Waals surface area contributed by atoms with Gasteiger partial charge in [-0.3, -0.25) is 0 Å². The maximum atomic E-state index is 3.88.